The first-order valence-corrected chi connectivity index (χ1v) is 9.96. The fourth-order valence-electron chi connectivity index (χ4n) is 3.55. The quantitative estimate of drug-likeness (QED) is 0.360. The molecule has 28 heavy (non-hydrogen) atoms. The summed E-state index contributed by atoms with van der Waals surface area (Å²) in [4.78, 5) is 18.4. The number of halogens is 1. The summed E-state index contributed by atoms with van der Waals surface area (Å²) in [6, 6.07) is 0.703. The molecule has 1 saturated heterocycles. The van der Waals surface area contributed by atoms with Gasteiger partial charge in [-0.15, -0.1) is 24.0 Å². The lowest BCUT2D eigenvalue weighted by atomic mass is 9.94. The van der Waals surface area contributed by atoms with Gasteiger partial charge >= 0.3 is 0 Å². The topological polar surface area (TPSA) is 83.8 Å². The Balaban J connectivity index is 0.00000280. The minimum Gasteiger partial charge on any atom is -0.378 e. The Labute approximate surface area is 184 Å². The highest BCUT2D eigenvalue weighted by Gasteiger charge is 2.23. The molecule has 1 amide bonds. The molecular formula is C19H33IN6O2. The molecule has 2 heterocycles. The predicted molar refractivity (Wildman–Crippen MR) is 120 cm³/mol. The lowest BCUT2D eigenvalue weighted by Crippen LogP contribution is -2.47. The van der Waals surface area contributed by atoms with Gasteiger partial charge in [0.2, 0.25) is 5.91 Å². The number of ether oxygens (including phenoxy) is 1. The zero-order chi connectivity index (χ0) is 19.2. The number of rotatable bonds is 5. The first-order chi connectivity index (χ1) is 13.1. The zero-order valence-electron chi connectivity index (χ0n) is 17.1. The van der Waals surface area contributed by atoms with Crippen molar-refractivity contribution in [1.82, 2.24) is 25.3 Å². The smallest absolute Gasteiger partial charge is 0.224 e. The average molecular weight is 504 g/mol. The van der Waals surface area contributed by atoms with Crippen molar-refractivity contribution in [3.63, 3.8) is 0 Å². The highest BCUT2D eigenvalue weighted by molar-refractivity contribution is 14.0. The lowest BCUT2D eigenvalue weighted by molar-refractivity contribution is -0.135. The Morgan fingerprint density at radius 2 is 2.14 bits per heavy atom. The van der Waals surface area contributed by atoms with Gasteiger partial charge in [0.1, 0.15) is 0 Å². The molecule has 0 aromatic carbocycles. The number of carbonyl (C=O) groups excluding carboxylic acids is 1. The molecule has 2 aliphatic rings. The number of aryl methyl sites for hydroxylation is 1. The minimum absolute atomic E-state index is 0. The molecule has 8 nitrogen and oxygen atoms in total. The van der Waals surface area contributed by atoms with Gasteiger partial charge in [-0.25, -0.2) is 0 Å². The van der Waals surface area contributed by atoms with Gasteiger partial charge in [-0.1, -0.05) is 0 Å². The van der Waals surface area contributed by atoms with Crippen LogP contribution in [0.15, 0.2) is 11.2 Å². The SMILES string of the molecule is CN=C(NCCC(=O)N1CCOCC1)NC1CCc2cn(C(C)C)nc2C1.I. The molecule has 3 rings (SSSR count). The number of amides is 1. The standard InChI is InChI=1S/C19H32N6O2.HI/c1-14(2)25-13-15-4-5-16(12-17(15)23-25)22-19(20-3)21-7-6-18(26)24-8-10-27-11-9-24;/h13-14,16H,4-12H2,1-3H3,(H2,20,21,22);1H. The van der Waals surface area contributed by atoms with E-state index in [1.165, 1.54) is 11.3 Å². The fourth-order valence-corrected chi connectivity index (χ4v) is 3.55. The molecule has 0 radical (unpaired) electrons. The van der Waals surface area contributed by atoms with E-state index in [9.17, 15) is 4.79 Å². The van der Waals surface area contributed by atoms with Crippen LogP contribution in [0, 0.1) is 0 Å². The zero-order valence-corrected chi connectivity index (χ0v) is 19.4. The van der Waals surface area contributed by atoms with Crippen LogP contribution in [0.25, 0.3) is 0 Å². The van der Waals surface area contributed by atoms with E-state index in [1.54, 1.807) is 7.05 Å². The van der Waals surface area contributed by atoms with Crippen molar-refractivity contribution in [2.45, 2.75) is 51.6 Å². The van der Waals surface area contributed by atoms with Gasteiger partial charge in [-0.3, -0.25) is 14.5 Å². The van der Waals surface area contributed by atoms with Crippen molar-refractivity contribution < 1.29 is 9.53 Å². The third-order valence-electron chi connectivity index (χ3n) is 5.19. The second kappa shape index (κ2) is 11.0. The van der Waals surface area contributed by atoms with Gasteiger partial charge in [-0.05, 0) is 32.3 Å². The van der Waals surface area contributed by atoms with Crippen molar-refractivity contribution in [2.75, 3.05) is 39.9 Å². The van der Waals surface area contributed by atoms with Crippen LogP contribution in [-0.2, 0) is 22.4 Å². The maximum atomic E-state index is 12.2. The normalized spacial score (nSPS) is 19.8. The summed E-state index contributed by atoms with van der Waals surface area (Å²) in [6.07, 6.45) is 5.65. The van der Waals surface area contributed by atoms with Crippen LogP contribution in [-0.4, -0.2) is 72.5 Å². The van der Waals surface area contributed by atoms with Crippen molar-refractivity contribution in [2.24, 2.45) is 4.99 Å². The molecule has 2 N–H and O–H groups in total. The van der Waals surface area contributed by atoms with Gasteiger partial charge in [0.05, 0.1) is 18.9 Å². The number of carbonyl (C=O) groups is 1. The first kappa shape index (κ1) is 22.9. The monoisotopic (exact) mass is 504 g/mol. The highest BCUT2D eigenvalue weighted by atomic mass is 127. The van der Waals surface area contributed by atoms with E-state index in [0.717, 1.165) is 25.2 Å². The largest absolute Gasteiger partial charge is 0.378 e. The van der Waals surface area contributed by atoms with Crippen molar-refractivity contribution in [3.8, 4) is 0 Å². The predicted octanol–water partition coefficient (Wildman–Crippen LogP) is 1.35. The van der Waals surface area contributed by atoms with E-state index in [1.807, 2.05) is 4.90 Å². The molecule has 1 aromatic heterocycles. The molecular weight excluding hydrogens is 471 g/mol. The summed E-state index contributed by atoms with van der Waals surface area (Å²) in [5.41, 5.74) is 2.55. The van der Waals surface area contributed by atoms with E-state index in [4.69, 9.17) is 9.84 Å². The molecule has 1 aliphatic heterocycles. The third kappa shape index (κ3) is 6.07. The second-order valence-electron chi connectivity index (χ2n) is 7.50. The number of hydrogen-bond donors (Lipinski definition) is 2. The molecule has 1 fully saturated rings. The van der Waals surface area contributed by atoms with Gasteiger partial charge < -0.3 is 20.3 Å². The molecule has 0 saturated carbocycles. The molecule has 1 unspecified atom stereocenters. The Morgan fingerprint density at radius 3 is 2.82 bits per heavy atom. The molecule has 1 atom stereocenters. The van der Waals surface area contributed by atoms with E-state index in [-0.39, 0.29) is 29.9 Å². The maximum absolute atomic E-state index is 12.2. The molecule has 1 aromatic rings. The van der Waals surface area contributed by atoms with Crippen molar-refractivity contribution >= 4 is 35.8 Å². The Bertz CT molecular complexity index is 669. The number of nitrogens with zero attached hydrogens (tertiary/aromatic N) is 4. The maximum Gasteiger partial charge on any atom is 0.224 e. The molecule has 0 spiro atoms. The van der Waals surface area contributed by atoms with E-state index >= 15 is 0 Å². The van der Waals surface area contributed by atoms with Gasteiger partial charge in [0, 0.05) is 57.8 Å². The average Bonchev–Trinajstić information content (AvgIpc) is 3.11. The number of hydrogen-bond acceptors (Lipinski definition) is 4. The Kier molecular flexibility index (Phi) is 9.00. The summed E-state index contributed by atoms with van der Waals surface area (Å²) >= 11 is 0. The van der Waals surface area contributed by atoms with Crippen molar-refractivity contribution in [1.29, 1.82) is 0 Å². The molecule has 1 aliphatic carbocycles. The van der Waals surface area contributed by atoms with Gasteiger partial charge in [-0.2, -0.15) is 5.10 Å². The van der Waals surface area contributed by atoms with E-state index in [2.05, 4.69) is 40.4 Å². The number of morpholine rings is 1. The second-order valence-corrected chi connectivity index (χ2v) is 7.50. The minimum atomic E-state index is 0. The van der Waals surface area contributed by atoms with E-state index < -0.39 is 0 Å². The van der Waals surface area contributed by atoms with Crippen LogP contribution in [0.2, 0.25) is 0 Å². The number of guanidine groups is 1. The highest BCUT2D eigenvalue weighted by Crippen LogP contribution is 2.21. The van der Waals surface area contributed by atoms with Gasteiger partial charge in [0.15, 0.2) is 5.96 Å². The summed E-state index contributed by atoms with van der Waals surface area (Å²) in [5, 5.41) is 11.5. The summed E-state index contributed by atoms with van der Waals surface area (Å²) < 4.78 is 7.34. The number of nitrogens with one attached hydrogen (secondary N) is 2. The van der Waals surface area contributed by atoms with Crippen LogP contribution in [0.4, 0.5) is 0 Å². The van der Waals surface area contributed by atoms with Crippen LogP contribution in [0.1, 0.15) is 44.0 Å². The summed E-state index contributed by atoms with van der Waals surface area (Å²) in [5.74, 6) is 0.921. The number of aromatic nitrogens is 2. The Morgan fingerprint density at radius 1 is 1.39 bits per heavy atom. The van der Waals surface area contributed by atoms with Crippen LogP contribution in [0.3, 0.4) is 0 Å². The molecule has 158 valence electrons. The fraction of sp³-hybridized carbons (Fsp3) is 0.737. The Hall–Kier alpha value is -1.36. The van der Waals surface area contributed by atoms with Crippen LogP contribution < -0.4 is 10.6 Å². The summed E-state index contributed by atoms with van der Waals surface area (Å²) in [7, 11) is 1.76. The van der Waals surface area contributed by atoms with Crippen LogP contribution >= 0.6 is 24.0 Å². The number of fused-ring (bicyclic) bond motifs is 1. The molecule has 9 heteroatoms. The lowest BCUT2D eigenvalue weighted by Gasteiger charge is -2.27. The third-order valence-corrected chi connectivity index (χ3v) is 5.19. The first-order valence-electron chi connectivity index (χ1n) is 9.96. The number of aliphatic imine (C=N–C) groups is 1. The van der Waals surface area contributed by atoms with Crippen LogP contribution in [0.5, 0.6) is 0 Å². The van der Waals surface area contributed by atoms with E-state index in [0.29, 0.717) is 51.4 Å². The van der Waals surface area contributed by atoms with Gasteiger partial charge in [0.25, 0.3) is 0 Å². The summed E-state index contributed by atoms with van der Waals surface area (Å²) in [6.45, 7) is 7.54. The molecule has 0 bridgehead atoms. The van der Waals surface area contributed by atoms with Crippen molar-refractivity contribution in [3.05, 3.63) is 17.5 Å².